The third-order valence-corrected chi connectivity index (χ3v) is 3.66. The summed E-state index contributed by atoms with van der Waals surface area (Å²) in [6.07, 6.45) is 2.14. The van der Waals surface area contributed by atoms with Gasteiger partial charge in [-0.15, -0.1) is 0 Å². The standard InChI is InChI=1S/C19H25N3O/c1-3-5-14(2)22-19(20)16-6-4-7-17(12-16)21-13-15-8-10-18(23)11-9-15/h4,6-12,14,21,23H,3,5,13H2,1-2H3,(H2,20,22). The minimum absolute atomic E-state index is 0.244. The van der Waals surface area contributed by atoms with Crippen LogP contribution < -0.4 is 11.1 Å². The van der Waals surface area contributed by atoms with Gasteiger partial charge in [-0.2, -0.15) is 0 Å². The van der Waals surface area contributed by atoms with Crippen molar-refractivity contribution in [3.05, 3.63) is 59.7 Å². The lowest BCUT2D eigenvalue weighted by Gasteiger charge is -2.10. The highest BCUT2D eigenvalue weighted by molar-refractivity contribution is 5.98. The van der Waals surface area contributed by atoms with E-state index in [1.807, 2.05) is 36.4 Å². The Hall–Kier alpha value is -2.49. The maximum Gasteiger partial charge on any atom is 0.125 e. The van der Waals surface area contributed by atoms with Gasteiger partial charge in [0, 0.05) is 23.8 Å². The van der Waals surface area contributed by atoms with Gasteiger partial charge in [-0.1, -0.05) is 37.6 Å². The van der Waals surface area contributed by atoms with E-state index in [0.717, 1.165) is 29.7 Å². The van der Waals surface area contributed by atoms with Gasteiger partial charge < -0.3 is 16.2 Å². The van der Waals surface area contributed by atoms with E-state index in [2.05, 4.69) is 24.2 Å². The van der Waals surface area contributed by atoms with Crippen LogP contribution in [-0.2, 0) is 6.54 Å². The number of aliphatic imine (C=N–C) groups is 1. The quantitative estimate of drug-likeness (QED) is 0.536. The predicted molar refractivity (Wildman–Crippen MR) is 97.0 cm³/mol. The van der Waals surface area contributed by atoms with E-state index in [4.69, 9.17) is 5.73 Å². The maximum absolute atomic E-state index is 9.30. The summed E-state index contributed by atoms with van der Waals surface area (Å²) < 4.78 is 0. The van der Waals surface area contributed by atoms with E-state index >= 15 is 0 Å². The third-order valence-electron chi connectivity index (χ3n) is 3.66. The second-order valence-corrected chi connectivity index (χ2v) is 5.75. The zero-order chi connectivity index (χ0) is 16.7. The SMILES string of the molecule is CCCC(C)N=C(N)c1cccc(NCc2ccc(O)cc2)c1. The monoisotopic (exact) mass is 311 g/mol. The number of phenolic OH excluding ortho intramolecular Hbond substituents is 1. The zero-order valence-corrected chi connectivity index (χ0v) is 13.8. The molecule has 122 valence electrons. The number of nitrogens with one attached hydrogen (secondary N) is 1. The van der Waals surface area contributed by atoms with Crippen molar-refractivity contribution in [1.29, 1.82) is 0 Å². The van der Waals surface area contributed by atoms with Gasteiger partial charge in [-0.3, -0.25) is 4.99 Å². The minimum atomic E-state index is 0.244. The summed E-state index contributed by atoms with van der Waals surface area (Å²) in [6, 6.07) is 15.4. The van der Waals surface area contributed by atoms with Gasteiger partial charge in [-0.25, -0.2) is 0 Å². The Labute approximate surface area is 138 Å². The molecular formula is C19H25N3O. The molecule has 0 radical (unpaired) electrons. The van der Waals surface area contributed by atoms with Crippen molar-refractivity contribution in [3.63, 3.8) is 0 Å². The molecule has 4 heteroatoms. The molecule has 23 heavy (non-hydrogen) atoms. The highest BCUT2D eigenvalue weighted by atomic mass is 16.3. The zero-order valence-electron chi connectivity index (χ0n) is 13.8. The molecule has 1 unspecified atom stereocenters. The molecule has 0 amide bonds. The first kappa shape index (κ1) is 16.9. The van der Waals surface area contributed by atoms with Gasteiger partial charge in [0.15, 0.2) is 0 Å². The van der Waals surface area contributed by atoms with E-state index in [0.29, 0.717) is 12.4 Å². The Morgan fingerprint density at radius 1 is 1.22 bits per heavy atom. The molecule has 4 nitrogen and oxygen atoms in total. The number of benzene rings is 2. The van der Waals surface area contributed by atoms with Gasteiger partial charge in [0.2, 0.25) is 0 Å². The summed E-state index contributed by atoms with van der Waals surface area (Å²) in [5.41, 5.74) is 9.15. The highest BCUT2D eigenvalue weighted by Crippen LogP contribution is 2.15. The number of phenols is 1. The van der Waals surface area contributed by atoms with Crippen LogP contribution in [0.5, 0.6) is 5.75 Å². The van der Waals surface area contributed by atoms with Crippen LogP contribution in [-0.4, -0.2) is 17.0 Å². The van der Waals surface area contributed by atoms with Crippen molar-refractivity contribution in [3.8, 4) is 5.75 Å². The minimum Gasteiger partial charge on any atom is -0.508 e. The summed E-state index contributed by atoms with van der Waals surface area (Å²) in [4.78, 5) is 4.54. The van der Waals surface area contributed by atoms with Crippen molar-refractivity contribution in [2.24, 2.45) is 10.7 Å². The van der Waals surface area contributed by atoms with Gasteiger partial charge in [-0.05, 0) is 43.2 Å². The molecule has 0 saturated carbocycles. The molecule has 0 heterocycles. The first-order chi connectivity index (χ1) is 11.1. The Morgan fingerprint density at radius 3 is 2.65 bits per heavy atom. The molecule has 0 aliphatic rings. The van der Waals surface area contributed by atoms with E-state index in [-0.39, 0.29) is 11.8 Å². The second kappa shape index (κ2) is 8.22. The van der Waals surface area contributed by atoms with Crippen molar-refractivity contribution in [2.75, 3.05) is 5.32 Å². The Bertz CT molecular complexity index is 650. The van der Waals surface area contributed by atoms with Crippen LogP contribution in [0.2, 0.25) is 0 Å². The van der Waals surface area contributed by atoms with Crippen LogP contribution >= 0.6 is 0 Å². The molecule has 0 aliphatic heterocycles. The summed E-state index contributed by atoms with van der Waals surface area (Å²) in [6.45, 7) is 4.92. The predicted octanol–water partition coefficient (Wildman–Crippen LogP) is 3.90. The average molecular weight is 311 g/mol. The molecule has 0 bridgehead atoms. The van der Waals surface area contributed by atoms with Gasteiger partial charge in [0.1, 0.15) is 11.6 Å². The number of nitrogens with zero attached hydrogens (tertiary/aromatic N) is 1. The molecule has 1 atom stereocenters. The van der Waals surface area contributed by atoms with E-state index in [9.17, 15) is 5.11 Å². The largest absolute Gasteiger partial charge is 0.508 e. The first-order valence-electron chi connectivity index (χ1n) is 8.04. The van der Waals surface area contributed by atoms with Gasteiger partial charge >= 0.3 is 0 Å². The Kier molecular flexibility index (Phi) is 6.03. The summed E-state index contributed by atoms with van der Waals surface area (Å²) in [5, 5.41) is 12.7. The lowest BCUT2D eigenvalue weighted by Crippen LogP contribution is -2.17. The molecule has 0 aromatic heterocycles. The number of rotatable bonds is 7. The first-order valence-corrected chi connectivity index (χ1v) is 8.04. The normalized spacial score (nSPS) is 12.9. The number of hydrogen-bond acceptors (Lipinski definition) is 3. The number of hydrogen-bond donors (Lipinski definition) is 3. The molecule has 4 N–H and O–H groups in total. The van der Waals surface area contributed by atoms with Crippen molar-refractivity contribution in [1.82, 2.24) is 0 Å². The summed E-state index contributed by atoms with van der Waals surface area (Å²) in [7, 11) is 0. The molecule has 0 fully saturated rings. The van der Waals surface area contributed by atoms with Crippen molar-refractivity contribution in [2.45, 2.75) is 39.3 Å². The maximum atomic E-state index is 9.30. The summed E-state index contributed by atoms with van der Waals surface area (Å²) >= 11 is 0. The number of aromatic hydroxyl groups is 1. The number of amidine groups is 1. The van der Waals surface area contributed by atoms with Crippen LogP contribution in [0.1, 0.15) is 37.8 Å². The molecule has 0 saturated heterocycles. The van der Waals surface area contributed by atoms with Crippen LogP contribution in [0.25, 0.3) is 0 Å². The fraction of sp³-hybridized carbons (Fsp3) is 0.316. The molecule has 2 aromatic rings. The smallest absolute Gasteiger partial charge is 0.125 e. The molecular weight excluding hydrogens is 286 g/mol. The molecule has 0 aliphatic carbocycles. The van der Waals surface area contributed by atoms with Gasteiger partial charge in [0.05, 0.1) is 0 Å². The van der Waals surface area contributed by atoms with Crippen molar-refractivity contribution >= 4 is 11.5 Å². The van der Waals surface area contributed by atoms with Crippen LogP contribution in [0.4, 0.5) is 5.69 Å². The average Bonchev–Trinajstić information content (AvgIpc) is 2.55. The molecule has 2 aromatic carbocycles. The number of anilines is 1. The fourth-order valence-corrected chi connectivity index (χ4v) is 2.40. The van der Waals surface area contributed by atoms with E-state index in [1.54, 1.807) is 12.1 Å². The molecule has 0 spiro atoms. The topological polar surface area (TPSA) is 70.6 Å². The van der Waals surface area contributed by atoms with E-state index in [1.165, 1.54) is 0 Å². The van der Waals surface area contributed by atoms with Crippen LogP contribution in [0.3, 0.4) is 0 Å². The van der Waals surface area contributed by atoms with Gasteiger partial charge in [0.25, 0.3) is 0 Å². The summed E-state index contributed by atoms with van der Waals surface area (Å²) in [5.74, 6) is 0.861. The Morgan fingerprint density at radius 2 is 1.96 bits per heavy atom. The highest BCUT2D eigenvalue weighted by Gasteiger charge is 2.03. The lowest BCUT2D eigenvalue weighted by atomic mass is 10.1. The molecule has 2 rings (SSSR count). The van der Waals surface area contributed by atoms with Crippen LogP contribution in [0, 0.1) is 0 Å². The fourth-order valence-electron chi connectivity index (χ4n) is 2.40. The third kappa shape index (κ3) is 5.33. The van der Waals surface area contributed by atoms with E-state index < -0.39 is 0 Å². The van der Waals surface area contributed by atoms with Crippen LogP contribution in [0.15, 0.2) is 53.5 Å². The second-order valence-electron chi connectivity index (χ2n) is 5.75. The Balaban J connectivity index is 2.03. The van der Waals surface area contributed by atoms with Crippen molar-refractivity contribution < 1.29 is 5.11 Å². The lowest BCUT2D eigenvalue weighted by molar-refractivity contribution is 0.475. The number of nitrogens with two attached hydrogens (primary N) is 1.